The first kappa shape index (κ1) is 24.5. The summed E-state index contributed by atoms with van der Waals surface area (Å²) in [6, 6.07) is 5.07. The number of nitrogens with one attached hydrogen (secondary N) is 1. The molecular formula is C19H28F3IN4O. The molecule has 0 bridgehead atoms. The van der Waals surface area contributed by atoms with Gasteiger partial charge in [0, 0.05) is 33.2 Å². The number of likely N-dealkylation sites (tertiary alicyclic amines) is 1. The molecule has 0 spiro atoms. The van der Waals surface area contributed by atoms with Crippen LogP contribution in [0.4, 0.5) is 13.2 Å². The topological polar surface area (TPSA) is 47.9 Å². The molecule has 1 N–H and O–H groups in total. The first-order chi connectivity index (χ1) is 12.8. The number of carbonyl (C=O) groups is 1. The lowest BCUT2D eigenvalue weighted by atomic mass is 10.1. The fraction of sp³-hybridized carbons (Fsp3) is 0.579. The predicted molar refractivity (Wildman–Crippen MR) is 115 cm³/mol. The van der Waals surface area contributed by atoms with Crippen molar-refractivity contribution in [1.82, 2.24) is 15.1 Å². The molecule has 2 rings (SSSR count). The fourth-order valence-electron chi connectivity index (χ4n) is 3.00. The molecule has 1 aliphatic rings. The predicted octanol–water partition coefficient (Wildman–Crippen LogP) is 3.73. The molecule has 1 aliphatic heterocycles. The minimum absolute atomic E-state index is 0. The third-order valence-corrected chi connectivity index (χ3v) is 4.47. The molecule has 5 nitrogen and oxygen atoms in total. The maximum absolute atomic E-state index is 12.7. The Kier molecular flexibility index (Phi) is 10.0. The van der Waals surface area contributed by atoms with Gasteiger partial charge in [-0.3, -0.25) is 4.79 Å². The van der Waals surface area contributed by atoms with Crippen molar-refractivity contribution in [2.45, 2.75) is 38.9 Å². The van der Waals surface area contributed by atoms with E-state index in [0.29, 0.717) is 19.0 Å². The van der Waals surface area contributed by atoms with Crippen molar-refractivity contribution in [2.24, 2.45) is 4.99 Å². The Hall–Kier alpha value is -1.52. The quantitative estimate of drug-likeness (QED) is 0.372. The van der Waals surface area contributed by atoms with Gasteiger partial charge < -0.3 is 15.1 Å². The maximum atomic E-state index is 12.7. The van der Waals surface area contributed by atoms with E-state index < -0.39 is 11.7 Å². The molecule has 1 heterocycles. The standard InChI is InChI=1S/C19H27F3N4O.HI/c1-3-23-18(24-13-17(27)26-11-5-4-6-12-26)25(2)14-15-7-9-16(10-8-15)19(20,21)22;/h7-10H,3-6,11-14H2,1-2H3,(H,23,24);1H. The number of nitrogens with zero attached hydrogens (tertiary/aromatic N) is 3. The van der Waals surface area contributed by atoms with Crippen molar-refractivity contribution in [3.05, 3.63) is 35.4 Å². The number of rotatable bonds is 5. The minimum atomic E-state index is -4.34. The molecule has 1 aromatic carbocycles. The summed E-state index contributed by atoms with van der Waals surface area (Å²) in [6.45, 7) is 4.59. The number of amides is 1. The lowest BCUT2D eigenvalue weighted by Gasteiger charge is -2.27. The molecule has 1 saturated heterocycles. The summed E-state index contributed by atoms with van der Waals surface area (Å²) < 4.78 is 38.0. The third kappa shape index (κ3) is 7.48. The van der Waals surface area contributed by atoms with Crippen LogP contribution in [0.25, 0.3) is 0 Å². The van der Waals surface area contributed by atoms with Crippen LogP contribution in [0.1, 0.15) is 37.3 Å². The van der Waals surface area contributed by atoms with Crippen LogP contribution in [-0.4, -0.2) is 54.9 Å². The van der Waals surface area contributed by atoms with Gasteiger partial charge in [0.1, 0.15) is 6.54 Å². The van der Waals surface area contributed by atoms with Crippen LogP contribution in [0.3, 0.4) is 0 Å². The molecule has 1 amide bonds. The Morgan fingerprint density at radius 1 is 1.18 bits per heavy atom. The van der Waals surface area contributed by atoms with E-state index in [1.54, 1.807) is 11.9 Å². The van der Waals surface area contributed by atoms with Crippen molar-refractivity contribution in [3.8, 4) is 0 Å². The molecule has 9 heteroatoms. The summed E-state index contributed by atoms with van der Waals surface area (Å²) in [5, 5.41) is 3.12. The molecule has 1 aromatic rings. The first-order valence-corrected chi connectivity index (χ1v) is 9.24. The van der Waals surface area contributed by atoms with Gasteiger partial charge in [0.25, 0.3) is 0 Å². The minimum Gasteiger partial charge on any atom is -0.357 e. The van der Waals surface area contributed by atoms with Crippen LogP contribution in [0, 0.1) is 0 Å². The van der Waals surface area contributed by atoms with Crippen LogP contribution in [0.2, 0.25) is 0 Å². The Balaban J connectivity index is 0.00000392. The highest BCUT2D eigenvalue weighted by Gasteiger charge is 2.30. The second kappa shape index (κ2) is 11.5. The summed E-state index contributed by atoms with van der Waals surface area (Å²) in [6.07, 6.45) is -1.12. The molecule has 1 fully saturated rings. The van der Waals surface area contributed by atoms with Crippen LogP contribution < -0.4 is 5.32 Å². The Morgan fingerprint density at radius 3 is 2.32 bits per heavy atom. The van der Waals surface area contributed by atoms with Crippen LogP contribution >= 0.6 is 24.0 Å². The number of alkyl halides is 3. The molecule has 0 aliphatic carbocycles. The molecule has 158 valence electrons. The number of hydrogen-bond donors (Lipinski definition) is 1. The molecular weight excluding hydrogens is 484 g/mol. The van der Waals surface area contributed by atoms with Gasteiger partial charge in [0.2, 0.25) is 5.91 Å². The van der Waals surface area contributed by atoms with Crippen molar-refractivity contribution < 1.29 is 18.0 Å². The van der Waals surface area contributed by atoms with E-state index in [0.717, 1.165) is 50.0 Å². The van der Waals surface area contributed by atoms with Gasteiger partial charge in [-0.1, -0.05) is 12.1 Å². The smallest absolute Gasteiger partial charge is 0.357 e. The van der Waals surface area contributed by atoms with Crippen molar-refractivity contribution in [1.29, 1.82) is 0 Å². The van der Waals surface area contributed by atoms with E-state index >= 15 is 0 Å². The van der Waals surface area contributed by atoms with Crippen LogP contribution in [0.15, 0.2) is 29.3 Å². The zero-order chi connectivity index (χ0) is 19.9. The van der Waals surface area contributed by atoms with E-state index in [4.69, 9.17) is 0 Å². The highest BCUT2D eigenvalue weighted by Crippen LogP contribution is 2.29. The van der Waals surface area contributed by atoms with E-state index in [-0.39, 0.29) is 36.4 Å². The zero-order valence-electron chi connectivity index (χ0n) is 16.3. The molecule has 0 atom stereocenters. The van der Waals surface area contributed by atoms with Gasteiger partial charge in [-0.2, -0.15) is 13.2 Å². The summed E-state index contributed by atoms with van der Waals surface area (Å²) >= 11 is 0. The Bertz CT molecular complexity index is 644. The zero-order valence-corrected chi connectivity index (χ0v) is 18.6. The van der Waals surface area contributed by atoms with E-state index in [2.05, 4.69) is 10.3 Å². The Labute approximate surface area is 181 Å². The highest BCUT2D eigenvalue weighted by atomic mass is 127. The van der Waals surface area contributed by atoms with Crippen molar-refractivity contribution >= 4 is 35.8 Å². The van der Waals surface area contributed by atoms with Gasteiger partial charge in [-0.15, -0.1) is 24.0 Å². The number of carbonyl (C=O) groups excluding carboxylic acids is 1. The number of benzene rings is 1. The average Bonchev–Trinajstić information content (AvgIpc) is 2.65. The van der Waals surface area contributed by atoms with Gasteiger partial charge in [-0.25, -0.2) is 4.99 Å². The lowest BCUT2D eigenvalue weighted by Crippen LogP contribution is -2.41. The molecule has 0 aromatic heterocycles. The second-order valence-electron chi connectivity index (χ2n) is 6.66. The average molecular weight is 512 g/mol. The number of aliphatic imine (C=N–C) groups is 1. The molecule has 0 radical (unpaired) electrons. The fourth-order valence-corrected chi connectivity index (χ4v) is 3.00. The van der Waals surface area contributed by atoms with Gasteiger partial charge >= 0.3 is 6.18 Å². The van der Waals surface area contributed by atoms with Crippen molar-refractivity contribution in [3.63, 3.8) is 0 Å². The van der Waals surface area contributed by atoms with E-state index in [1.165, 1.54) is 12.1 Å². The van der Waals surface area contributed by atoms with Crippen molar-refractivity contribution in [2.75, 3.05) is 33.2 Å². The van der Waals surface area contributed by atoms with E-state index in [1.807, 2.05) is 11.8 Å². The summed E-state index contributed by atoms with van der Waals surface area (Å²) in [5.74, 6) is 0.566. The summed E-state index contributed by atoms with van der Waals surface area (Å²) in [7, 11) is 1.80. The van der Waals surface area contributed by atoms with Gasteiger partial charge in [0.05, 0.1) is 5.56 Å². The number of hydrogen-bond acceptors (Lipinski definition) is 2. The summed E-state index contributed by atoms with van der Waals surface area (Å²) in [5.41, 5.74) is 0.0695. The highest BCUT2D eigenvalue weighted by molar-refractivity contribution is 14.0. The molecule has 28 heavy (non-hydrogen) atoms. The van der Waals surface area contributed by atoms with E-state index in [9.17, 15) is 18.0 Å². The monoisotopic (exact) mass is 512 g/mol. The summed E-state index contributed by atoms with van der Waals surface area (Å²) in [4.78, 5) is 20.3. The molecule has 0 saturated carbocycles. The number of piperidine rings is 1. The largest absolute Gasteiger partial charge is 0.416 e. The Morgan fingerprint density at radius 2 is 1.79 bits per heavy atom. The van der Waals surface area contributed by atoms with Crippen LogP contribution in [0.5, 0.6) is 0 Å². The van der Waals surface area contributed by atoms with Crippen LogP contribution in [-0.2, 0) is 17.5 Å². The SMILES string of the molecule is CCNC(=NCC(=O)N1CCCCC1)N(C)Cc1ccc(C(F)(F)F)cc1.I. The maximum Gasteiger partial charge on any atom is 0.416 e. The third-order valence-electron chi connectivity index (χ3n) is 4.47. The second-order valence-corrected chi connectivity index (χ2v) is 6.66. The van der Waals surface area contributed by atoms with Gasteiger partial charge in [-0.05, 0) is 43.9 Å². The molecule has 0 unspecified atom stereocenters. The van der Waals surface area contributed by atoms with Gasteiger partial charge in [0.15, 0.2) is 5.96 Å². The lowest BCUT2D eigenvalue weighted by molar-refractivity contribution is -0.137. The first-order valence-electron chi connectivity index (χ1n) is 9.24. The normalized spacial score (nSPS) is 15.0. The number of halogens is 4. The number of guanidine groups is 1.